The molecule has 0 spiro atoms. The van der Waals surface area contributed by atoms with E-state index in [4.69, 9.17) is 31.5 Å². The Kier molecular flexibility index (Phi) is 8.42. The summed E-state index contributed by atoms with van der Waals surface area (Å²) in [7, 11) is -1.89. The standard InChI is InChI=1S/C7H16Cl2O2P2/c1-6(2)10-12(8)5-13(9)11-7(3)4/h6-7H,5H2,1-4H3. The van der Waals surface area contributed by atoms with Gasteiger partial charge in [0.25, 0.3) is 0 Å². The molecule has 0 aliphatic rings. The number of hydrogen-bond acceptors (Lipinski definition) is 2. The fraction of sp³-hybridized carbons (Fsp3) is 1.00. The lowest BCUT2D eigenvalue weighted by molar-refractivity contribution is 0.271. The second kappa shape index (κ2) is 7.63. The predicted octanol–water partition coefficient (Wildman–Crippen LogP) is 4.90. The molecule has 2 nitrogen and oxygen atoms in total. The van der Waals surface area contributed by atoms with Crippen LogP contribution >= 0.6 is 37.5 Å². The highest BCUT2D eigenvalue weighted by Gasteiger charge is 2.16. The third kappa shape index (κ3) is 9.66. The van der Waals surface area contributed by atoms with E-state index in [1.165, 1.54) is 0 Å². The molecule has 80 valence electrons. The highest BCUT2D eigenvalue weighted by molar-refractivity contribution is 7.94. The first-order valence-electron chi connectivity index (χ1n) is 4.12. The lowest BCUT2D eigenvalue weighted by atomic mass is 10.5. The van der Waals surface area contributed by atoms with Gasteiger partial charge in [-0.15, -0.1) is 0 Å². The molecule has 0 N–H and O–H groups in total. The SMILES string of the molecule is CC(C)OP(Cl)CP(Cl)OC(C)C. The second-order valence-electron chi connectivity index (χ2n) is 3.09. The monoisotopic (exact) mass is 264 g/mol. The zero-order chi connectivity index (χ0) is 10.4. The molecule has 0 aliphatic heterocycles. The van der Waals surface area contributed by atoms with Crippen molar-refractivity contribution in [3.8, 4) is 0 Å². The lowest BCUT2D eigenvalue weighted by Gasteiger charge is -2.17. The zero-order valence-electron chi connectivity index (χ0n) is 8.33. The molecule has 0 aliphatic carbocycles. The van der Waals surface area contributed by atoms with Crippen molar-refractivity contribution in [3.63, 3.8) is 0 Å². The van der Waals surface area contributed by atoms with Gasteiger partial charge in [0.1, 0.15) is 15.0 Å². The van der Waals surface area contributed by atoms with Gasteiger partial charge in [-0.1, -0.05) is 22.5 Å². The molecule has 0 radical (unpaired) electrons. The molecule has 0 aromatic carbocycles. The molecule has 6 heteroatoms. The first kappa shape index (κ1) is 14.4. The Labute approximate surface area is 92.5 Å². The van der Waals surface area contributed by atoms with Crippen LogP contribution in [0.25, 0.3) is 0 Å². The lowest BCUT2D eigenvalue weighted by Crippen LogP contribution is -1.99. The van der Waals surface area contributed by atoms with Gasteiger partial charge in [0.2, 0.25) is 0 Å². The molecule has 0 heterocycles. The van der Waals surface area contributed by atoms with Gasteiger partial charge in [-0.05, 0) is 27.7 Å². The summed E-state index contributed by atoms with van der Waals surface area (Å²) >= 11 is 11.9. The quantitative estimate of drug-likeness (QED) is 0.636. The van der Waals surface area contributed by atoms with Crippen molar-refractivity contribution in [1.29, 1.82) is 0 Å². The molecule has 0 saturated carbocycles. The topological polar surface area (TPSA) is 18.5 Å². The van der Waals surface area contributed by atoms with Gasteiger partial charge in [0, 0.05) is 0 Å². The van der Waals surface area contributed by atoms with E-state index in [-0.39, 0.29) is 12.2 Å². The average molecular weight is 265 g/mol. The second-order valence-corrected chi connectivity index (χ2v) is 8.17. The zero-order valence-corrected chi connectivity index (χ0v) is 11.6. The Balaban J connectivity index is 3.58. The van der Waals surface area contributed by atoms with Gasteiger partial charge in [0.15, 0.2) is 0 Å². The third-order valence-electron chi connectivity index (χ3n) is 0.873. The van der Waals surface area contributed by atoms with Crippen molar-refractivity contribution in [1.82, 2.24) is 0 Å². The Hall–Kier alpha value is 1.36. The fourth-order valence-electron chi connectivity index (χ4n) is 0.612. The van der Waals surface area contributed by atoms with Gasteiger partial charge >= 0.3 is 0 Å². The predicted molar refractivity (Wildman–Crippen MR) is 62.9 cm³/mol. The van der Waals surface area contributed by atoms with Gasteiger partial charge in [-0.25, -0.2) is 0 Å². The molecule has 2 atom stereocenters. The summed E-state index contributed by atoms with van der Waals surface area (Å²) in [5.41, 5.74) is 0. The Morgan fingerprint density at radius 1 is 0.923 bits per heavy atom. The maximum absolute atomic E-state index is 5.95. The number of rotatable bonds is 6. The summed E-state index contributed by atoms with van der Waals surface area (Å²) in [4.78, 5) is 0. The van der Waals surface area contributed by atoms with E-state index in [0.717, 1.165) is 0 Å². The summed E-state index contributed by atoms with van der Waals surface area (Å²) in [5, 5.41) is 0. The minimum atomic E-state index is -0.946. The highest BCUT2D eigenvalue weighted by atomic mass is 35.7. The van der Waals surface area contributed by atoms with Crippen molar-refractivity contribution in [2.24, 2.45) is 0 Å². The molecule has 2 unspecified atom stereocenters. The Morgan fingerprint density at radius 2 is 1.23 bits per heavy atom. The Bertz CT molecular complexity index is 122. The minimum absolute atomic E-state index is 0.155. The van der Waals surface area contributed by atoms with E-state index in [2.05, 4.69) is 0 Å². The molecule has 0 aromatic rings. The third-order valence-corrected chi connectivity index (χ3v) is 6.35. The molecular weight excluding hydrogens is 249 g/mol. The van der Waals surface area contributed by atoms with E-state index in [1.807, 2.05) is 27.7 Å². The first-order valence-corrected chi connectivity index (χ1v) is 8.82. The largest absolute Gasteiger partial charge is 0.340 e. The van der Waals surface area contributed by atoms with Crippen LogP contribution in [-0.4, -0.2) is 18.1 Å². The molecule has 0 amide bonds. The molecular formula is C7H16Cl2O2P2. The molecule has 0 aromatic heterocycles. The van der Waals surface area contributed by atoms with E-state index >= 15 is 0 Å². The van der Waals surface area contributed by atoms with E-state index < -0.39 is 15.0 Å². The average Bonchev–Trinajstić information content (AvgIpc) is 1.80. The first-order chi connectivity index (χ1) is 5.91. The van der Waals surface area contributed by atoms with E-state index in [9.17, 15) is 0 Å². The van der Waals surface area contributed by atoms with Crippen molar-refractivity contribution < 1.29 is 9.05 Å². The van der Waals surface area contributed by atoms with Crippen molar-refractivity contribution >= 4 is 37.5 Å². The molecule has 0 fully saturated rings. The van der Waals surface area contributed by atoms with Gasteiger partial charge in [-0.3, -0.25) is 0 Å². The van der Waals surface area contributed by atoms with Crippen molar-refractivity contribution in [2.45, 2.75) is 39.9 Å². The summed E-state index contributed by atoms with van der Waals surface area (Å²) in [6.07, 6.45) is 0.311. The normalized spacial score (nSPS) is 16.6. The van der Waals surface area contributed by atoms with Gasteiger partial charge in [-0.2, -0.15) is 0 Å². The van der Waals surface area contributed by atoms with Crippen LogP contribution in [-0.2, 0) is 9.05 Å². The fourth-order valence-corrected chi connectivity index (χ4v) is 5.96. The van der Waals surface area contributed by atoms with Crippen LogP contribution in [0.4, 0.5) is 0 Å². The molecule has 13 heavy (non-hydrogen) atoms. The van der Waals surface area contributed by atoms with Crippen LogP contribution in [0.3, 0.4) is 0 Å². The van der Waals surface area contributed by atoms with Gasteiger partial charge in [0.05, 0.1) is 18.1 Å². The number of hydrogen-bond donors (Lipinski definition) is 0. The van der Waals surface area contributed by atoms with Crippen LogP contribution in [0.15, 0.2) is 0 Å². The van der Waals surface area contributed by atoms with Crippen molar-refractivity contribution in [2.75, 3.05) is 5.90 Å². The smallest absolute Gasteiger partial charge is 0.132 e. The Morgan fingerprint density at radius 3 is 1.46 bits per heavy atom. The maximum atomic E-state index is 5.95. The minimum Gasteiger partial charge on any atom is -0.340 e. The van der Waals surface area contributed by atoms with E-state index in [1.54, 1.807) is 0 Å². The summed E-state index contributed by atoms with van der Waals surface area (Å²) in [6.45, 7) is 7.82. The van der Waals surface area contributed by atoms with Crippen molar-refractivity contribution in [3.05, 3.63) is 0 Å². The summed E-state index contributed by atoms with van der Waals surface area (Å²) in [6, 6.07) is 0. The van der Waals surface area contributed by atoms with Crippen LogP contribution in [0.5, 0.6) is 0 Å². The molecule has 0 bridgehead atoms. The summed E-state index contributed by atoms with van der Waals surface area (Å²) in [5.74, 6) is 0.629. The van der Waals surface area contributed by atoms with Crippen LogP contribution < -0.4 is 0 Å². The van der Waals surface area contributed by atoms with E-state index in [0.29, 0.717) is 5.90 Å². The van der Waals surface area contributed by atoms with Crippen LogP contribution in [0.1, 0.15) is 27.7 Å². The highest BCUT2D eigenvalue weighted by Crippen LogP contribution is 2.58. The summed E-state index contributed by atoms with van der Waals surface area (Å²) < 4.78 is 10.8. The molecule has 0 rings (SSSR count). The molecule has 0 saturated heterocycles. The van der Waals surface area contributed by atoms with Crippen LogP contribution in [0, 0.1) is 0 Å². The van der Waals surface area contributed by atoms with Crippen LogP contribution in [0.2, 0.25) is 0 Å². The maximum Gasteiger partial charge on any atom is 0.132 e. The number of halogens is 2. The van der Waals surface area contributed by atoms with Gasteiger partial charge < -0.3 is 9.05 Å².